The van der Waals surface area contributed by atoms with E-state index >= 15 is 0 Å². The number of unbranched alkanes of at least 4 members (excludes halogenated alkanes) is 1. The van der Waals surface area contributed by atoms with E-state index in [0.29, 0.717) is 0 Å². The molecule has 0 amide bonds. The van der Waals surface area contributed by atoms with E-state index in [0.717, 1.165) is 19.4 Å². The molecular weight excluding hydrogens is 242 g/mol. The van der Waals surface area contributed by atoms with Crippen LogP contribution in [-0.4, -0.2) is 36.3 Å². The minimum absolute atomic E-state index is 0.614. The lowest BCUT2D eigenvalue weighted by Crippen LogP contribution is -2.28. The maximum absolute atomic E-state index is 5.86. The van der Waals surface area contributed by atoms with Crippen molar-refractivity contribution >= 4 is 16.9 Å². The third-order valence-corrected chi connectivity index (χ3v) is 8.90. The summed E-state index contributed by atoms with van der Waals surface area (Å²) in [4.78, 5) is 0. The standard InChI is InChI=1S/C13H33NOSi2/c1-5-6-11-17(3,4)12-9-15-13-16(2)10-7-8-14/h16H,5-14H2,1-4H3. The van der Waals surface area contributed by atoms with Crippen molar-refractivity contribution in [1.29, 1.82) is 0 Å². The molecule has 0 heterocycles. The Kier molecular flexibility index (Phi) is 10.5. The summed E-state index contributed by atoms with van der Waals surface area (Å²) in [6, 6.07) is 4.14. The van der Waals surface area contributed by atoms with Crippen molar-refractivity contribution in [1.82, 2.24) is 0 Å². The largest absolute Gasteiger partial charge is 0.385 e. The summed E-state index contributed by atoms with van der Waals surface area (Å²) >= 11 is 0. The average Bonchev–Trinajstić information content (AvgIpc) is 2.29. The van der Waals surface area contributed by atoms with E-state index in [4.69, 9.17) is 10.5 Å². The highest BCUT2D eigenvalue weighted by Gasteiger charge is 2.19. The molecule has 0 aromatic carbocycles. The van der Waals surface area contributed by atoms with Gasteiger partial charge in [0.15, 0.2) is 0 Å². The van der Waals surface area contributed by atoms with Crippen LogP contribution in [0, 0.1) is 0 Å². The fourth-order valence-electron chi connectivity index (χ4n) is 1.96. The third kappa shape index (κ3) is 11.2. The zero-order valence-electron chi connectivity index (χ0n) is 12.4. The lowest BCUT2D eigenvalue weighted by atomic mass is 10.4. The molecule has 0 aliphatic heterocycles. The number of ether oxygens (including phenoxy) is 1. The summed E-state index contributed by atoms with van der Waals surface area (Å²) in [6.07, 6.45) is 4.98. The monoisotopic (exact) mass is 275 g/mol. The molecule has 17 heavy (non-hydrogen) atoms. The molecule has 0 aliphatic rings. The van der Waals surface area contributed by atoms with Crippen LogP contribution in [0.5, 0.6) is 0 Å². The second kappa shape index (κ2) is 10.3. The molecule has 0 aliphatic carbocycles. The Morgan fingerprint density at radius 2 is 1.88 bits per heavy atom. The van der Waals surface area contributed by atoms with E-state index in [-0.39, 0.29) is 0 Å². The van der Waals surface area contributed by atoms with E-state index in [1.807, 2.05) is 0 Å². The van der Waals surface area contributed by atoms with Crippen molar-refractivity contribution < 1.29 is 4.74 Å². The van der Waals surface area contributed by atoms with Gasteiger partial charge in [-0.2, -0.15) is 0 Å². The predicted octanol–water partition coefficient (Wildman–Crippen LogP) is 3.26. The van der Waals surface area contributed by atoms with Crippen LogP contribution in [0.25, 0.3) is 0 Å². The van der Waals surface area contributed by atoms with Gasteiger partial charge in [-0.25, -0.2) is 0 Å². The molecule has 2 nitrogen and oxygen atoms in total. The molecule has 1 unspecified atom stereocenters. The Balaban J connectivity index is 3.48. The summed E-state index contributed by atoms with van der Waals surface area (Å²) in [7, 11) is -1.57. The molecule has 0 radical (unpaired) electrons. The molecule has 2 N–H and O–H groups in total. The highest BCUT2D eigenvalue weighted by molar-refractivity contribution is 6.77. The van der Waals surface area contributed by atoms with Crippen molar-refractivity contribution in [3.8, 4) is 0 Å². The Hall–Kier alpha value is 0.354. The zero-order valence-corrected chi connectivity index (χ0v) is 14.6. The molecule has 104 valence electrons. The fourth-order valence-corrected chi connectivity index (χ4v) is 5.89. The van der Waals surface area contributed by atoms with Crippen LogP contribution in [0.3, 0.4) is 0 Å². The zero-order chi connectivity index (χ0) is 13.1. The molecule has 0 saturated heterocycles. The molecule has 0 bridgehead atoms. The number of hydrogen-bond donors (Lipinski definition) is 1. The first kappa shape index (κ1) is 17.4. The summed E-state index contributed by atoms with van der Waals surface area (Å²) in [6.45, 7) is 11.5. The van der Waals surface area contributed by atoms with Gasteiger partial charge >= 0.3 is 0 Å². The van der Waals surface area contributed by atoms with E-state index in [1.54, 1.807) is 0 Å². The van der Waals surface area contributed by atoms with Crippen molar-refractivity contribution in [2.45, 2.75) is 64.0 Å². The van der Waals surface area contributed by atoms with Crippen LogP contribution in [0.4, 0.5) is 0 Å². The average molecular weight is 276 g/mol. The molecule has 1 atom stereocenters. The third-order valence-electron chi connectivity index (χ3n) is 3.43. The first-order valence-corrected chi connectivity index (χ1v) is 13.5. The lowest BCUT2D eigenvalue weighted by molar-refractivity contribution is 0.189. The second-order valence-electron chi connectivity index (χ2n) is 6.13. The highest BCUT2D eigenvalue weighted by atomic mass is 28.3. The van der Waals surface area contributed by atoms with E-state index in [2.05, 4.69) is 26.6 Å². The lowest BCUT2D eigenvalue weighted by Gasteiger charge is -2.22. The minimum atomic E-state index is -0.951. The Bertz CT molecular complexity index is 177. The van der Waals surface area contributed by atoms with Crippen LogP contribution in [0.1, 0.15) is 26.2 Å². The Morgan fingerprint density at radius 3 is 2.47 bits per heavy atom. The maximum Gasteiger partial charge on any atom is 0.0647 e. The molecular formula is C13H33NOSi2. The Labute approximate surface area is 111 Å². The fraction of sp³-hybridized carbons (Fsp3) is 1.00. The number of hydrogen-bond acceptors (Lipinski definition) is 2. The van der Waals surface area contributed by atoms with Crippen LogP contribution in [-0.2, 0) is 4.74 Å². The van der Waals surface area contributed by atoms with Gasteiger partial charge in [0.2, 0.25) is 0 Å². The minimum Gasteiger partial charge on any atom is -0.385 e. The van der Waals surface area contributed by atoms with Gasteiger partial charge in [-0.15, -0.1) is 0 Å². The molecule has 0 spiro atoms. The molecule has 0 fully saturated rings. The first-order valence-electron chi connectivity index (χ1n) is 7.29. The van der Waals surface area contributed by atoms with Crippen LogP contribution < -0.4 is 5.73 Å². The van der Waals surface area contributed by atoms with Gasteiger partial charge in [0, 0.05) is 20.9 Å². The number of rotatable bonds is 11. The van der Waals surface area contributed by atoms with E-state index < -0.39 is 16.9 Å². The number of nitrogens with two attached hydrogens (primary N) is 1. The maximum atomic E-state index is 5.86. The SMILES string of the molecule is CCCC[Si](C)(C)CCOC[SiH](C)CCCN. The molecule has 0 aromatic heterocycles. The van der Waals surface area contributed by atoms with Crippen molar-refractivity contribution in [3.05, 3.63) is 0 Å². The summed E-state index contributed by atoms with van der Waals surface area (Å²) < 4.78 is 5.86. The summed E-state index contributed by atoms with van der Waals surface area (Å²) in [5.74, 6) is 0. The molecule has 0 rings (SSSR count). The van der Waals surface area contributed by atoms with E-state index in [1.165, 1.54) is 37.4 Å². The van der Waals surface area contributed by atoms with Gasteiger partial charge in [0.25, 0.3) is 0 Å². The second-order valence-corrected chi connectivity index (χ2v) is 14.6. The van der Waals surface area contributed by atoms with Gasteiger partial charge in [-0.05, 0) is 19.0 Å². The van der Waals surface area contributed by atoms with E-state index in [9.17, 15) is 0 Å². The summed E-state index contributed by atoms with van der Waals surface area (Å²) in [5, 5.41) is 0. The smallest absolute Gasteiger partial charge is 0.0647 e. The molecule has 4 heteroatoms. The highest BCUT2D eigenvalue weighted by Crippen LogP contribution is 2.18. The van der Waals surface area contributed by atoms with Crippen molar-refractivity contribution in [2.24, 2.45) is 5.73 Å². The quantitative estimate of drug-likeness (QED) is 0.464. The van der Waals surface area contributed by atoms with Crippen LogP contribution in [0.15, 0.2) is 0 Å². The first-order chi connectivity index (χ1) is 8.02. The van der Waals surface area contributed by atoms with Crippen LogP contribution >= 0.6 is 0 Å². The topological polar surface area (TPSA) is 35.2 Å². The van der Waals surface area contributed by atoms with Crippen LogP contribution in [0.2, 0.25) is 37.8 Å². The Morgan fingerprint density at radius 1 is 1.18 bits per heavy atom. The molecule has 0 aromatic rings. The van der Waals surface area contributed by atoms with Crippen molar-refractivity contribution in [3.63, 3.8) is 0 Å². The summed E-state index contributed by atoms with van der Waals surface area (Å²) in [5.41, 5.74) is 5.52. The molecule has 0 saturated carbocycles. The van der Waals surface area contributed by atoms with Gasteiger partial charge in [0.05, 0.1) is 8.80 Å². The van der Waals surface area contributed by atoms with Crippen molar-refractivity contribution in [2.75, 3.05) is 19.4 Å². The van der Waals surface area contributed by atoms with Gasteiger partial charge in [-0.1, -0.05) is 51.5 Å². The van der Waals surface area contributed by atoms with Gasteiger partial charge in [0.1, 0.15) is 0 Å². The normalized spacial score (nSPS) is 13.9. The predicted molar refractivity (Wildman–Crippen MR) is 84.3 cm³/mol. The van der Waals surface area contributed by atoms with Gasteiger partial charge in [-0.3, -0.25) is 0 Å². The van der Waals surface area contributed by atoms with Gasteiger partial charge < -0.3 is 10.5 Å².